The zero-order chi connectivity index (χ0) is 13.0. The summed E-state index contributed by atoms with van der Waals surface area (Å²) in [6.45, 7) is 4.51. The van der Waals surface area contributed by atoms with Crippen LogP contribution in [0.5, 0.6) is 5.75 Å². The van der Waals surface area contributed by atoms with Crippen molar-refractivity contribution in [3.8, 4) is 5.75 Å². The molecule has 1 aromatic carbocycles. The summed E-state index contributed by atoms with van der Waals surface area (Å²) in [7, 11) is 0. The lowest BCUT2D eigenvalue weighted by molar-refractivity contribution is 0.284. The van der Waals surface area contributed by atoms with Crippen molar-refractivity contribution >= 4 is 5.69 Å². The molecule has 0 amide bonds. The van der Waals surface area contributed by atoms with Gasteiger partial charge in [-0.3, -0.25) is 0 Å². The van der Waals surface area contributed by atoms with Crippen molar-refractivity contribution in [2.45, 2.75) is 26.9 Å². The maximum Gasteiger partial charge on any atom is 0.227 e. The molecule has 1 aromatic heterocycles. The molecule has 2 rings (SSSR count). The quantitative estimate of drug-likeness (QED) is 0.821. The average Bonchev–Trinajstić information content (AvgIpc) is 2.75. The highest BCUT2D eigenvalue weighted by atomic mass is 16.5. The molecular formula is C13H17N3O2. The Hall–Kier alpha value is -2.04. The minimum atomic E-state index is 0.297. The normalized spacial score (nSPS) is 10.8. The molecule has 0 fully saturated rings. The Morgan fingerprint density at radius 3 is 2.67 bits per heavy atom. The van der Waals surface area contributed by atoms with Crippen molar-refractivity contribution in [2.75, 3.05) is 5.73 Å². The zero-order valence-corrected chi connectivity index (χ0v) is 10.6. The summed E-state index contributed by atoms with van der Waals surface area (Å²) in [6, 6.07) is 7.19. The zero-order valence-electron chi connectivity index (χ0n) is 10.6. The van der Waals surface area contributed by atoms with Crippen LogP contribution >= 0.6 is 0 Å². The number of aromatic nitrogens is 2. The van der Waals surface area contributed by atoms with Crippen LogP contribution in [0.15, 0.2) is 28.8 Å². The first-order valence-electron chi connectivity index (χ1n) is 5.93. The SMILES string of the molecule is CC(C)Cc1nc(COc2ccc(N)cc2)no1. The van der Waals surface area contributed by atoms with Crippen molar-refractivity contribution in [3.63, 3.8) is 0 Å². The lowest BCUT2D eigenvalue weighted by Gasteiger charge is -2.02. The highest BCUT2D eigenvalue weighted by molar-refractivity contribution is 5.41. The molecule has 5 nitrogen and oxygen atoms in total. The predicted molar refractivity (Wildman–Crippen MR) is 68.0 cm³/mol. The molecule has 0 aliphatic carbocycles. The molecule has 2 N–H and O–H groups in total. The standard InChI is InChI=1S/C13H17N3O2/c1-9(2)7-13-15-12(16-18-13)8-17-11-5-3-10(14)4-6-11/h3-6,9H,7-8,14H2,1-2H3. The van der Waals surface area contributed by atoms with Gasteiger partial charge in [0.05, 0.1) is 0 Å². The molecule has 0 saturated heterocycles. The fraction of sp³-hybridized carbons (Fsp3) is 0.385. The van der Waals surface area contributed by atoms with Crippen LogP contribution in [0.4, 0.5) is 5.69 Å². The van der Waals surface area contributed by atoms with Gasteiger partial charge in [0.1, 0.15) is 5.75 Å². The lowest BCUT2D eigenvalue weighted by atomic mass is 10.1. The summed E-state index contributed by atoms with van der Waals surface area (Å²) in [5, 5.41) is 3.87. The van der Waals surface area contributed by atoms with Crippen molar-refractivity contribution in [3.05, 3.63) is 36.0 Å². The Morgan fingerprint density at radius 1 is 1.28 bits per heavy atom. The smallest absolute Gasteiger partial charge is 0.227 e. The highest BCUT2D eigenvalue weighted by Gasteiger charge is 2.08. The molecule has 0 bridgehead atoms. The molecule has 5 heteroatoms. The van der Waals surface area contributed by atoms with Crippen LogP contribution in [0, 0.1) is 5.92 Å². The van der Waals surface area contributed by atoms with Crippen LogP contribution < -0.4 is 10.5 Å². The van der Waals surface area contributed by atoms with Gasteiger partial charge in [-0.1, -0.05) is 19.0 Å². The maximum atomic E-state index is 5.59. The first-order valence-corrected chi connectivity index (χ1v) is 5.93. The molecule has 96 valence electrons. The second-order valence-electron chi connectivity index (χ2n) is 4.56. The Kier molecular flexibility index (Phi) is 3.82. The van der Waals surface area contributed by atoms with E-state index in [1.807, 2.05) is 12.1 Å². The predicted octanol–water partition coefficient (Wildman–Crippen LogP) is 2.43. The summed E-state index contributed by atoms with van der Waals surface area (Å²) >= 11 is 0. The van der Waals surface area contributed by atoms with Crippen LogP contribution in [0.1, 0.15) is 25.6 Å². The molecule has 0 unspecified atom stereocenters. The van der Waals surface area contributed by atoms with Gasteiger partial charge in [0.25, 0.3) is 0 Å². The summed E-state index contributed by atoms with van der Waals surface area (Å²) in [4.78, 5) is 4.26. The summed E-state index contributed by atoms with van der Waals surface area (Å²) in [5.74, 6) is 2.44. The molecule has 1 heterocycles. The Labute approximate surface area is 106 Å². The second kappa shape index (κ2) is 5.53. The maximum absolute atomic E-state index is 5.59. The number of nitrogens with zero attached hydrogens (tertiary/aromatic N) is 2. The summed E-state index contributed by atoms with van der Waals surface area (Å²) in [5.41, 5.74) is 6.30. The third kappa shape index (κ3) is 3.48. The number of hydrogen-bond acceptors (Lipinski definition) is 5. The van der Waals surface area contributed by atoms with E-state index in [4.69, 9.17) is 15.0 Å². The Balaban J connectivity index is 1.90. The number of ether oxygens (including phenoxy) is 1. The van der Waals surface area contributed by atoms with E-state index in [1.165, 1.54) is 0 Å². The van der Waals surface area contributed by atoms with E-state index in [2.05, 4.69) is 24.0 Å². The van der Waals surface area contributed by atoms with Gasteiger partial charge >= 0.3 is 0 Å². The van der Waals surface area contributed by atoms with Gasteiger partial charge in [-0.25, -0.2) is 0 Å². The molecule has 0 saturated carbocycles. The first-order chi connectivity index (χ1) is 8.63. The molecule has 18 heavy (non-hydrogen) atoms. The van der Waals surface area contributed by atoms with E-state index >= 15 is 0 Å². The fourth-order valence-electron chi connectivity index (χ4n) is 1.49. The van der Waals surface area contributed by atoms with Crippen LogP contribution in [-0.4, -0.2) is 10.1 Å². The minimum absolute atomic E-state index is 0.297. The van der Waals surface area contributed by atoms with Gasteiger partial charge in [-0.15, -0.1) is 0 Å². The van der Waals surface area contributed by atoms with Gasteiger partial charge in [0.2, 0.25) is 11.7 Å². The summed E-state index contributed by atoms with van der Waals surface area (Å²) in [6.07, 6.45) is 0.787. The van der Waals surface area contributed by atoms with Crippen LogP contribution in [0.2, 0.25) is 0 Å². The van der Waals surface area contributed by atoms with Crippen LogP contribution in [0.25, 0.3) is 0 Å². The van der Waals surface area contributed by atoms with Gasteiger partial charge in [0.15, 0.2) is 6.61 Å². The molecule has 2 aromatic rings. The fourth-order valence-corrected chi connectivity index (χ4v) is 1.49. The Morgan fingerprint density at radius 2 is 2.00 bits per heavy atom. The van der Waals surface area contributed by atoms with E-state index in [9.17, 15) is 0 Å². The number of benzene rings is 1. The van der Waals surface area contributed by atoms with Gasteiger partial charge in [-0.05, 0) is 30.2 Å². The van der Waals surface area contributed by atoms with Gasteiger partial charge in [0, 0.05) is 12.1 Å². The van der Waals surface area contributed by atoms with Crippen LogP contribution in [-0.2, 0) is 13.0 Å². The van der Waals surface area contributed by atoms with E-state index < -0.39 is 0 Å². The van der Waals surface area contributed by atoms with Crippen molar-refractivity contribution in [1.29, 1.82) is 0 Å². The number of anilines is 1. The monoisotopic (exact) mass is 247 g/mol. The van der Waals surface area contributed by atoms with E-state index in [1.54, 1.807) is 12.1 Å². The van der Waals surface area contributed by atoms with E-state index in [0.717, 1.165) is 12.2 Å². The molecule has 0 radical (unpaired) electrons. The van der Waals surface area contributed by atoms with Gasteiger partial charge < -0.3 is 15.0 Å². The first kappa shape index (κ1) is 12.4. The number of nitrogens with two attached hydrogens (primary N) is 1. The van der Waals surface area contributed by atoms with Crippen molar-refractivity contribution < 1.29 is 9.26 Å². The molecule has 0 spiro atoms. The largest absolute Gasteiger partial charge is 0.485 e. The number of rotatable bonds is 5. The third-order valence-corrected chi connectivity index (χ3v) is 2.34. The Bertz CT molecular complexity index is 491. The topological polar surface area (TPSA) is 74.2 Å². The van der Waals surface area contributed by atoms with Crippen LogP contribution in [0.3, 0.4) is 0 Å². The van der Waals surface area contributed by atoms with E-state index in [0.29, 0.717) is 29.9 Å². The average molecular weight is 247 g/mol. The molecule has 0 aliphatic rings. The summed E-state index contributed by atoms with van der Waals surface area (Å²) < 4.78 is 10.6. The molecular weight excluding hydrogens is 230 g/mol. The third-order valence-electron chi connectivity index (χ3n) is 2.34. The molecule has 0 aliphatic heterocycles. The minimum Gasteiger partial charge on any atom is -0.485 e. The number of hydrogen-bond donors (Lipinski definition) is 1. The van der Waals surface area contributed by atoms with Crippen molar-refractivity contribution in [2.24, 2.45) is 5.92 Å². The lowest BCUT2D eigenvalue weighted by Crippen LogP contribution is -1.99. The van der Waals surface area contributed by atoms with Gasteiger partial charge in [-0.2, -0.15) is 4.98 Å². The van der Waals surface area contributed by atoms with Crippen molar-refractivity contribution in [1.82, 2.24) is 10.1 Å². The highest BCUT2D eigenvalue weighted by Crippen LogP contribution is 2.14. The molecule has 0 atom stereocenters. The number of nitrogen functional groups attached to an aromatic ring is 1. The van der Waals surface area contributed by atoms with E-state index in [-0.39, 0.29) is 0 Å². The second-order valence-corrected chi connectivity index (χ2v) is 4.56.